The van der Waals surface area contributed by atoms with Gasteiger partial charge in [-0.15, -0.1) is 0 Å². The number of benzene rings is 1. The van der Waals surface area contributed by atoms with Gasteiger partial charge in [-0.25, -0.2) is 9.97 Å². The van der Waals surface area contributed by atoms with Crippen molar-refractivity contribution in [3.05, 3.63) is 24.7 Å². The summed E-state index contributed by atoms with van der Waals surface area (Å²) in [6.45, 7) is 1.40. The molecule has 0 bridgehead atoms. The van der Waals surface area contributed by atoms with Crippen LogP contribution in [0.5, 0.6) is 11.5 Å². The Morgan fingerprint density at radius 1 is 1.07 bits per heavy atom. The Morgan fingerprint density at radius 3 is 2.73 bits per heavy atom. The lowest BCUT2D eigenvalue weighted by Gasteiger charge is -2.07. The summed E-state index contributed by atoms with van der Waals surface area (Å²) in [5.41, 5.74) is 0.884. The van der Waals surface area contributed by atoms with Gasteiger partial charge in [0, 0.05) is 24.1 Å². The van der Waals surface area contributed by atoms with E-state index in [9.17, 15) is 0 Å². The van der Waals surface area contributed by atoms with Crippen molar-refractivity contribution in [2.24, 2.45) is 0 Å². The van der Waals surface area contributed by atoms with E-state index in [2.05, 4.69) is 9.97 Å². The molecule has 4 nitrogen and oxygen atoms in total. The molecular weight excluding hydrogens is 192 g/mol. The van der Waals surface area contributed by atoms with Gasteiger partial charge in [-0.05, 0) is 6.07 Å². The van der Waals surface area contributed by atoms with E-state index in [4.69, 9.17) is 9.47 Å². The van der Waals surface area contributed by atoms with E-state index in [-0.39, 0.29) is 0 Å². The molecule has 1 aromatic heterocycles. The second-order valence-electron chi connectivity index (χ2n) is 3.43. The van der Waals surface area contributed by atoms with Gasteiger partial charge < -0.3 is 9.47 Å². The largest absolute Gasteiger partial charge is 0.490 e. The van der Waals surface area contributed by atoms with Gasteiger partial charge in [0.15, 0.2) is 11.5 Å². The summed E-state index contributed by atoms with van der Waals surface area (Å²) in [5.74, 6) is 1.56. The van der Waals surface area contributed by atoms with E-state index in [0.717, 1.165) is 28.8 Å². The van der Waals surface area contributed by atoms with E-state index >= 15 is 0 Å². The smallest absolute Gasteiger partial charge is 0.163 e. The van der Waals surface area contributed by atoms with E-state index in [0.29, 0.717) is 13.2 Å². The zero-order chi connectivity index (χ0) is 10.1. The molecule has 0 N–H and O–H groups in total. The Balaban J connectivity index is 2.20. The highest BCUT2D eigenvalue weighted by atomic mass is 16.5. The van der Waals surface area contributed by atoms with Crippen molar-refractivity contribution in [2.75, 3.05) is 13.2 Å². The summed E-state index contributed by atoms with van der Waals surface area (Å²) in [5, 5.41) is 0.974. The number of hydrogen-bond donors (Lipinski definition) is 0. The molecular formula is C11H10N2O2. The van der Waals surface area contributed by atoms with Gasteiger partial charge in [0.25, 0.3) is 0 Å². The number of hydrogen-bond acceptors (Lipinski definition) is 4. The van der Waals surface area contributed by atoms with Crippen LogP contribution in [0.15, 0.2) is 24.7 Å². The van der Waals surface area contributed by atoms with Crippen LogP contribution >= 0.6 is 0 Å². The molecule has 3 rings (SSSR count). The van der Waals surface area contributed by atoms with Crippen LogP contribution in [0.1, 0.15) is 6.42 Å². The van der Waals surface area contributed by atoms with Crippen LogP contribution in [0.4, 0.5) is 0 Å². The molecule has 0 radical (unpaired) electrons. The molecule has 0 aliphatic carbocycles. The monoisotopic (exact) mass is 202 g/mol. The molecule has 4 heteroatoms. The fraction of sp³-hybridized carbons (Fsp3) is 0.273. The molecule has 1 aliphatic rings. The van der Waals surface area contributed by atoms with Crippen molar-refractivity contribution in [3.8, 4) is 11.5 Å². The van der Waals surface area contributed by atoms with Crippen molar-refractivity contribution >= 4 is 10.9 Å². The van der Waals surface area contributed by atoms with Crippen LogP contribution in [0.2, 0.25) is 0 Å². The highest BCUT2D eigenvalue weighted by Crippen LogP contribution is 2.32. The third-order valence-electron chi connectivity index (χ3n) is 2.37. The SMILES string of the molecule is c1ncc2cc3c(cc2n1)OCCCO3. The van der Waals surface area contributed by atoms with Crippen LogP contribution in [0.25, 0.3) is 10.9 Å². The highest BCUT2D eigenvalue weighted by Gasteiger charge is 2.11. The summed E-state index contributed by atoms with van der Waals surface area (Å²) in [6.07, 6.45) is 4.22. The minimum absolute atomic E-state index is 0.698. The second kappa shape index (κ2) is 3.38. The quantitative estimate of drug-likeness (QED) is 0.653. The third-order valence-corrected chi connectivity index (χ3v) is 2.37. The Bertz CT molecular complexity index is 454. The second-order valence-corrected chi connectivity index (χ2v) is 3.43. The molecule has 1 aromatic carbocycles. The summed E-state index contributed by atoms with van der Waals surface area (Å²) in [4.78, 5) is 8.15. The maximum absolute atomic E-state index is 5.58. The zero-order valence-corrected chi connectivity index (χ0v) is 8.14. The molecule has 15 heavy (non-hydrogen) atoms. The third kappa shape index (κ3) is 1.48. The minimum atomic E-state index is 0.698. The standard InChI is InChI=1S/C11H10N2O2/c1-2-14-10-4-8-6-12-7-13-9(8)5-11(10)15-3-1/h4-7H,1-3H2. The molecule has 0 atom stereocenters. The van der Waals surface area contributed by atoms with Gasteiger partial charge in [0.05, 0.1) is 18.7 Å². The Hall–Kier alpha value is -1.84. The van der Waals surface area contributed by atoms with Gasteiger partial charge in [-0.3, -0.25) is 0 Å². The molecule has 0 saturated carbocycles. The van der Waals surface area contributed by atoms with Crippen molar-refractivity contribution in [2.45, 2.75) is 6.42 Å². The molecule has 2 aromatic rings. The normalized spacial score (nSPS) is 14.9. The Kier molecular flexibility index (Phi) is 1.91. The molecule has 76 valence electrons. The summed E-state index contributed by atoms with van der Waals surface area (Å²) < 4.78 is 11.1. The van der Waals surface area contributed by atoms with Gasteiger partial charge in [0.1, 0.15) is 6.33 Å². The van der Waals surface area contributed by atoms with Gasteiger partial charge in [-0.1, -0.05) is 0 Å². The molecule has 0 amide bonds. The van der Waals surface area contributed by atoms with Crippen molar-refractivity contribution < 1.29 is 9.47 Å². The fourth-order valence-electron chi connectivity index (χ4n) is 1.64. The zero-order valence-electron chi connectivity index (χ0n) is 8.14. The highest BCUT2D eigenvalue weighted by molar-refractivity contribution is 5.81. The van der Waals surface area contributed by atoms with Gasteiger partial charge in [0.2, 0.25) is 0 Å². The molecule has 0 unspecified atom stereocenters. The number of fused-ring (bicyclic) bond motifs is 2. The average molecular weight is 202 g/mol. The molecule has 0 fully saturated rings. The summed E-state index contributed by atoms with van der Waals surface area (Å²) in [6, 6.07) is 3.83. The van der Waals surface area contributed by atoms with E-state index in [1.54, 1.807) is 6.20 Å². The Labute approximate surface area is 86.9 Å². The maximum Gasteiger partial charge on any atom is 0.163 e. The first-order valence-corrected chi connectivity index (χ1v) is 4.93. The number of nitrogens with zero attached hydrogens (tertiary/aromatic N) is 2. The van der Waals surface area contributed by atoms with Crippen LogP contribution in [0, 0.1) is 0 Å². The van der Waals surface area contributed by atoms with E-state index < -0.39 is 0 Å². The van der Waals surface area contributed by atoms with Crippen molar-refractivity contribution in [1.82, 2.24) is 9.97 Å². The van der Waals surface area contributed by atoms with Crippen LogP contribution in [0.3, 0.4) is 0 Å². The number of rotatable bonds is 0. The first-order valence-electron chi connectivity index (χ1n) is 4.93. The topological polar surface area (TPSA) is 44.2 Å². The first kappa shape index (κ1) is 8.47. The Morgan fingerprint density at radius 2 is 1.87 bits per heavy atom. The molecule has 0 spiro atoms. The fourth-order valence-corrected chi connectivity index (χ4v) is 1.64. The van der Waals surface area contributed by atoms with Crippen molar-refractivity contribution in [3.63, 3.8) is 0 Å². The van der Waals surface area contributed by atoms with Gasteiger partial charge >= 0.3 is 0 Å². The minimum Gasteiger partial charge on any atom is -0.490 e. The van der Waals surface area contributed by atoms with Gasteiger partial charge in [-0.2, -0.15) is 0 Å². The molecule has 1 aliphatic heterocycles. The number of aromatic nitrogens is 2. The van der Waals surface area contributed by atoms with E-state index in [1.165, 1.54) is 6.33 Å². The summed E-state index contributed by atoms with van der Waals surface area (Å²) in [7, 11) is 0. The first-order chi connectivity index (χ1) is 7.43. The predicted molar refractivity (Wildman–Crippen MR) is 55.1 cm³/mol. The van der Waals surface area contributed by atoms with Crippen molar-refractivity contribution in [1.29, 1.82) is 0 Å². The lowest BCUT2D eigenvalue weighted by atomic mass is 10.2. The lowest BCUT2D eigenvalue weighted by Crippen LogP contribution is -1.97. The van der Waals surface area contributed by atoms with E-state index in [1.807, 2.05) is 12.1 Å². The van der Waals surface area contributed by atoms with Crippen LogP contribution in [-0.2, 0) is 0 Å². The van der Waals surface area contributed by atoms with Crippen LogP contribution in [-0.4, -0.2) is 23.2 Å². The molecule has 0 saturated heterocycles. The lowest BCUT2D eigenvalue weighted by molar-refractivity contribution is 0.297. The summed E-state index contributed by atoms with van der Waals surface area (Å²) >= 11 is 0. The predicted octanol–water partition coefficient (Wildman–Crippen LogP) is 1.79. The van der Waals surface area contributed by atoms with Crippen LogP contribution < -0.4 is 9.47 Å². The average Bonchev–Trinajstić information content (AvgIpc) is 2.50. The number of ether oxygens (including phenoxy) is 2. The molecule has 2 heterocycles. The maximum atomic E-state index is 5.58.